The zero-order valence-corrected chi connectivity index (χ0v) is 10.9. The maximum atomic E-state index is 13.6. The maximum Gasteiger partial charge on any atom is 0.147 e. The minimum atomic E-state index is -0.461. The minimum absolute atomic E-state index is 0.0221. The predicted octanol–water partition coefficient (Wildman–Crippen LogP) is 4.06. The number of hydrogen-bond acceptors (Lipinski definition) is 3. The molecule has 0 aliphatic heterocycles. The Bertz CT molecular complexity index is 604. The smallest absolute Gasteiger partial charge is 0.147 e. The van der Waals surface area contributed by atoms with Gasteiger partial charge in [-0.2, -0.15) is 0 Å². The van der Waals surface area contributed by atoms with E-state index in [1.54, 1.807) is 19.1 Å². The number of phenolic OH excluding ortho intramolecular Hbond substituents is 2. The second kappa shape index (κ2) is 5.36. The first-order chi connectivity index (χ1) is 8.97. The van der Waals surface area contributed by atoms with Crippen molar-refractivity contribution < 1.29 is 14.6 Å². The van der Waals surface area contributed by atoms with Gasteiger partial charge in [0.05, 0.1) is 11.7 Å². The summed E-state index contributed by atoms with van der Waals surface area (Å²) in [5.74, 6) is -0.530. The highest BCUT2D eigenvalue weighted by atomic mass is 35.5. The van der Waals surface area contributed by atoms with Crippen molar-refractivity contribution >= 4 is 17.3 Å². The molecule has 3 N–H and O–H groups in total. The van der Waals surface area contributed by atoms with Crippen LogP contribution >= 0.6 is 11.6 Å². The Morgan fingerprint density at radius 1 is 1.16 bits per heavy atom. The third kappa shape index (κ3) is 3.09. The van der Waals surface area contributed by atoms with E-state index in [-0.39, 0.29) is 17.5 Å². The summed E-state index contributed by atoms with van der Waals surface area (Å²) in [6.07, 6.45) is 0. The van der Waals surface area contributed by atoms with Crippen LogP contribution in [-0.2, 0) is 0 Å². The van der Waals surface area contributed by atoms with Crippen LogP contribution in [-0.4, -0.2) is 10.2 Å². The van der Waals surface area contributed by atoms with Crippen molar-refractivity contribution in [1.82, 2.24) is 0 Å². The highest BCUT2D eigenvalue weighted by Gasteiger charge is 2.12. The molecule has 2 aromatic carbocycles. The largest absolute Gasteiger partial charge is 0.508 e. The molecule has 0 aliphatic carbocycles. The lowest BCUT2D eigenvalue weighted by atomic mass is 10.1. The molecule has 0 aliphatic rings. The number of benzene rings is 2. The van der Waals surface area contributed by atoms with Gasteiger partial charge in [0.25, 0.3) is 0 Å². The van der Waals surface area contributed by atoms with Gasteiger partial charge in [0.15, 0.2) is 0 Å². The van der Waals surface area contributed by atoms with Crippen LogP contribution < -0.4 is 5.32 Å². The van der Waals surface area contributed by atoms with Crippen LogP contribution in [0, 0.1) is 5.82 Å². The van der Waals surface area contributed by atoms with Gasteiger partial charge in [0.2, 0.25) is 0 Å². The fourth-order valence-corrected chi connectivity index (χ4v) is 1.97. The van der Waals surface area contributed by atoms with Crippen LogP contribution in [0.1, 0.15) is 18.5 Å². The summed E-state index contributed by atoms with van der Waals surface area (Å²) in [5.41, 5.74) is 0.858. The molecule has 2 aromatic rings. The van der Waals surface area contributed by atoms with E-state index in [0.29, 0.717) is 16.3 Å². The minimum Gasteiger partial charge on any atom is -0.508 e. The van der Waals surface area contributed by atoms with Crippen molar-refractivity contribution in [2.45, 2.75) is 13.0 Å². The second-order valence-corrected chi connectivity index (χ2v) is 4.67. The van der Waals surface area contributed by atoms with E-state index in [2.05, 4.69) is 5.32 Å². The monoisotopic (exact) mass is 281 g/mol. The molecule has 0 bridgehead atoms. The van der Waals surface area contributed by atoms with Gasteiger partial charge in [0, 0.05) is 16.7 Å². The van der Waals surface area contributed by atoms with Gasteiger partial charge in [-0.3, -0.25) is 0 Å². The fourth-order valence-electron chi connectivity index (χ4n) is 1.82. The Kier molecular flexibility index (Phi) is 3.81. The molecule has 0 spiro atoms. The van der Waals surface area contributed by atoms with E-state index in [0.717, 1.165) is 0 Å². The Morgan fingerprint density at radius 3 is 2.53 bits per heavy atom. The third-order valence-corrected chi connectivity index (χ3v) is 3.02. The van der Waals surface area contributed by atoms with Crippen molar-refractivity contribution in [2.75, 3.05) is 5.32 Å². The number of halogens is 2. The maximum absolute atomic E-state index is 13.6. The van der Waals surface area contributed by atoms with Crippen molar-refractivity contribution in [3.63, 3.8) is 0 Å². The van der Waals surface area contributed by atoms with E-state index in [1.807, 2.05) is 0 Å². The molecule has 3 nitrogen and oxygen atoms in total. The molecule has 0 fully saturated rings. The normalized spacial score (nSPS) is 12.2. The Balaban J connectivity index is 2.23. The summed E-state index contributed by atoms with van der Waals surface area (Å²) in [6, 6.07) is 8.29. The second-order valence-electron chi connectivity index (χ2n) is 4.23. The van der Waals surface area contributed by atoms with Crippen LogP contribution in [0.25, 0.3) is 0 Å². The molecule has 5 heteroatoms. The van der Waals surface area contributed by atoms with Crippen LogP contribution in [0.5, 0.6) is 11.5 Å². The van der Waals surface area contributed by atoms with Gasteiger partial charge < -0.3 is 15.5 Å². The third-order valence-electron chi connectivity index (χ3n) is 2.78. The van der Waals surface area contributed by atoms with Crippen molar-refractivity contribution in [2.24, 2.45) is 0 Å². The number of phenols is 2. The first kappa shape index (κ1) is 13.5. The lowest BCUT2D eigenvalue weighted by Gasteiger charge is -2.17. The zero-order valence-electron chi connectivity index (χ0n) is 10.2. The fraction of sp³-hybridized carbons (Fsp3) is 0.143. The van der Waals surface area contributed by atoms with E-state index in [1.165, 1.54) is 24.3 Å². The standard InChI is InChI=1S/C14H13ClFNO2/c1-8(11-4-3-10(18)7-14(11)19)17-13-5-2-9(15)6-12(13)16/h2-8,17-19H,1H3. The van der Waals surface area contributed by atoms with E-state index in [9.17, 15) is 14.6 Å². The lowest BCUT2D eigenvalue weighted by Crippen LogP contribution is -2.08. The summed E-state index contributed by atoms with van der Waals surface area (Å²) in [4.78, 5) is 0. The van der Waals surface area contributed by atoms with E-state index >= 15 is 0 Å². The first-order valence-corrected chi connectivity index (χ1v) is 6.08. The molecular weight excluding hydrogens is 269 g/mol. The van der Waals surface area contributed by atoms with Crippen LogP contribution in [0.4, 0.5) is 10.1 Å². The van der Waals surface area contributed by atoms with E-state index < -0.39 is 5.82 Å². The topological polar surface area (TPSA) is 52.5 Å². The molecule has 19 heavy (non-hydrogen) atoms. The molecule has 0 heterocycles. The quantitative estimate of drug-likeness (QED) is 0.795. The summed E-state index contributed by atoms with van der Waals surface area (Å²) >= 11 is 5.68. The Hall–Kier alpha value is -1.94. The van der Waals surface area contributed by atoms with Gasteiger partial charge >= 0.3 is 0 Å². The Morgan fingerprint density at radius 2 is 1.89 bits per heavy atom. The van der Waals surface area contributed by atoms with E-state index in [4.69, 9.17) is 11.6 Å². The highest BCUT2D eigenvalue weighted by molar-refractivity contribution is 6.30. The molecule has 1 atom stereocenters. The lowest BCUT2D eigenvalue weighted by molar-refractivity contribution is 0.444. The van der Waals surface area contributed by atoms with Crippen LogP contribution in [0.3, 0.4) is 0 Å². The summed E-state index contributed by atoms with van der Waals surface area (Å²) < 4.78 is 13.6. The molecular formula is C14H13ClFNO2. The average molecular weight is 282 g/mol. The molecule has 1 unspecified atom stereocenters. The highest BCUT2D eigenvalue weighted by Crippen LogP contribution is 2.31. The zero-order chi connectivity index (χ0) is 14.0. The molecule has 100 valence electrons. The first-order valence-electron chi connectivity index (χ1n) is 5.71. The molecule has 0 saturated heterocycles. The predicted molar refractivity (Wildman–Crippen MR) is 73.2 cm³/mol. The Labute approximate surface area is 115 Å². The number of aromatic hydroxyl groups is 2. The molecule has 0 radical (unpaired) electrons. The number of rotatable bonds is 3. The van der Waals surface area contributed by atoms with Crippen molar-refractivity contribution in [3.05, 3.63) is 52.8 Å². The molecule has 2 rings (SSSR count). The summed E-state index contributed by atoms with van der Waals surface area (Å²) in [6.45, 7) is 1.78. The van der Waals surface area contributed by atoms with Gasteiger partial charge in [-0.1, -0.05) is 11.6 Å². The van der Waals surface area contributed by atoms with Crippen LogP contribution in [0.15, 0.2) is 36.4 Å². The average Bonchev–Trinajstić information content (AvgIpc) is 2.32. The van der Waals surface area contributed by atoms with Crippen molar-refractivity contribution in [3.8, 4) is 11.5 Å². The SMILES string of the molecule is CC(Nc1ccc(Cl)cc1F)c1ccc(O)cc1O. The van der Waals surface area contributed by atoms with Gasteiger partial charge in [-0.15, -0.1) is 0 Å². The molecule has 0 amide bonds. The van der Waals surface area contributed by atoms with Gasteiger partial charge in [-0.05, 0) is 37.3 Å². The summed E-state index contributed by atoms with van der Waals surface area (Å²) in [7, 11) is 0. The summed E-state index contributed by atoms with van der Waals surface area (Å²) in [5, 5.41) is 22.2. The number of nitrogens with one attached hydrogen (secondary N) is 1. The number of anilines is 1. The molecule has 0 aromatic heterocycles. The van der Waals surface area contributed by atoms with Gasteiger partial charge in [0.1, 0.15) is 17.3 Å². The van der Waals surface area contributed by atoms with Gasteiger partial charge in [-0.25, -0.2) is 4.39 Å². The van der Waals surface area contributed by atoms with Crippen LogP contribution in [0.2, 0.25) is 5.02 Å². The number of hydrogen-bond donors (Lipinski definition) is 3. The molecule has 0 saturated carbocycles. The van der Waals surface area contributed by atoms with Crippen molar-refractivity contribution in [1.29, 1.82) is 0 Å².